The van der Waals surface area contributed by atoms with Gasteiger partial charge in [-0.3, -0.25) is 14.6 Å². The zero-order valence-electron chi connectivity index (χ0n) is 17.0. The second-order valence-corrected chi connectivity index (χ2v) is 8.38. The number of carbonyl (C=O) groups is 1. The van der Waals surface area contributed by atoms with Crippen molar-refractivity contribution in [1.82, 2.24) is 15.3 Å². The SMILES string of the molecule is COCCCNC(=O)C1CCCN(c2nc3c(-c4ccccc4)csc3c(=O)[nH]2)C1. The van der Waals surface area contributed by atoms with E-state index in [1.807, 2.05) is 40.6 Å². The number of aromatic nitrogens is 2. The second-order valence-electron chi connectivity index (χ2n) is 7.51. The summed E-state index contributed by atoms with van der Waals surface area (Å²) in [5.41, 5.74) is 2.59. The van der Waals surface area contributed by atoms with Gasteiger partial charge in [-0.2, -0.15) is 0 Å². The molecule has 8 heteroatoms. The highest BCUT2D eigenvalue weighted by molar-refractivity contribution is 7.17. The average Bonchev–Trinajstić information content (AvgIpc) is 3.22. The zero-order valence-corrected chi connectivity index (χ0v) is 17.8. The standard InChI is InChI=1S/C22H26N4O3S/c1-29-12-6-10-23-20(27)16-9-5-11-26(13-16)22-24-18-17(15-7-3-2-4-8-15)14-30-19(18)21(28)25-22/h2-4,7-8,14,16H,5-6,9-13H2,1H3,(H,23,27)(H,24,25,28). The summed E-state index contributed by atoms with van der Waals surface area (Å²) >= 11 is 1.41. The zero-order chi connectivity index (χ0) is 20.9. The Balaban J connectivity index is 1.55. The fourth-order valence-electron chi connectivity index (χ4n) is 3.84. The summed E-state index contributed by atoms with van der Waals surface area (Å²) in [4.78, 5) is 35.0. The number of carbonyl (C=O) groups excluding carboxylic acids is 1. The molecule has 0 aliphatic carbocycles. The van der Waals surface area contributed by atoms with E-state index in [2.05, 4.69) is 10.3 Å². The number of methoxy groups -OCH3 is 1. The van der Waals surface area contributed by atoms with Crippen LogP contribution in [0.25, 0.3) is 21.3 Å². The normalized spacial score (nSPS) is 16.7. The number of anilines is 1. The van der Waals surface area contributed by atoms with Gasteiger partial charge in [0.2, 0.25) is 11.9 Å². The lowest BCUT2D eigenvalue weighted by molar-refractivity contribution is -0.125. The van der Waals surface area contributed by atoms with Crippen LogP contribution in [-0.2, 0) is 9.53 Å². The highest BCUT2D eigenvalue weighted by Gasteiger charge is 2.27. The van der Waals surface area contributed by atoms with E-state index in [0.29, 0.717) is 30.3 Å². The molecule has 0 bridgehead atoms. The first-order chi connectivity index (χ1) is 14.7. The molecule has 1 amide bonds. The van der Waals surface area contributed by atoms with Crippen molar-refractivity contribution in [3.05, 3.63) is 46.1 Å². The molecule has 1 aliphatic heterocycles. The molecule has 30 heavy (non-hydrogen) atoms. The maximum Gasteiger partial charge on any atom is 0.270 e. The van der Waals surface area contributed by atoms with E-state index in [1.165, 1.54) is 11.3 Å². The number of piperidine rings is 1. The van der Waals surface area contributed by atoms with E-state index in [9.17, 15) is 9.59 Å². The van der Waals surface area contributed by atoms with Crippen LogP contribution in [0.2, 0.25) is 0 Å². The van der Waals surface area contributed by atoms with Crippen molar-refractivity contribution < 1.29 is 9.53 Å². The molecule has 0 spiro atoms. The number of aromatic amines is 1. The van der Waals surface area contributed by atoms with Crippen LogP contribution < -0.4 is 15.8 Å². The lowest BCUT2D eigenvalue weighted by Crippen LogP contribution is -2.44. The maximum absolute atomic E-state index is 12.7. The van der Waals surface area contributed by atoms with Gasteiger partial charge in [-0.05, 0) is 24.8 Å². The number of rotatable bonds is 7. The van der Waals surface area contributed by atoms with Crippen LogP contribution in [0.3, 0.4) is 0 Å². The van der Waals surface area contributed by atoms with E-state index in [4.69, 9.17) is 9.72 Å². The molecule has 158 valence electrons. The number of hydrogen-bond acceptors (Lipinski definition) is 6. The molecule has 1 saturated heterocycles. The summed E-state index contributed by atoms with van der Waals surface area (Å²) in [7, 11) is 1.65. The first kappa shape index (κ1) is 20.6. The minimum atomic E-state index is -0.131. The molecule has 3 heterocycles. The van der Waals surface area contributed by atoms with Crippen LogP contribution in [0.5, 0.6) is 0 Å². The Morgan fingerprint density at radius 3 is 3.00 bits per heavy atom. The number of fused-ring (bicyclic) bond motifs is 1. The van der Waals surface area contributed by atoms with Crippen molar-refractivity contribution in [1.29, 1.82) is 0 Å². The van der Waals surface area contributed by atoms with Crippen LogP contribution in [0.4, 0.5) is 5.95 Å². The van der Waals surface area contributed by atoms with Gasteiger partial charge in [0, 0.05) is 44.3 Å². The molecule has 2 N–H and O–H groups in total. The lowest BCUT2D eigenvalue weighted by atomic mass is 9.97. The van der Waals surface area contributed by atoms with E-state index in [-0.39, 0.29) is 17.4 Å². The van der Waals surface area contributed by atoms with E-state index in [0.717, 1.165) is 42.5 Å². The molecule has 1 atom stereocenters. The van der Waals surface area contributed by atoms with Gasteiger partial charge in [0.15, 0.2) is 0 Å². The summed E-state index contributed by atoms with van der Waals surface area (Å²) in [6, 6.07) is 9.97. The molecule has 2 aromatic heterocycles. The smallest absolute Gasteiger partial charge is 0.270 e. The Kier molecular flexibility index (Phi) is 6.44. The van der Waals surface area contributed by atoms with Crippen molar-refractivity contribution in [2.75, 3.05) is 38.3 Å². The molecule has 7 nitrogen and oxygen atoms in total. The molecular weight excluding hydrogens is 400 g/mol. The van der Waals surface area contributed by atoms with E-state index in [1.54, 1.807) is 7.11 Å². The summed E-state index contributed by atoms with van der Waals surface area (Å²) in [5, 5.41) is 4.98. The molecule has 3 aromatic rings. The van der Waals surface area contributed by atoms with E-state index >= 15 is 0 Å². The first-order valence-corrected chi connectivity index (χ1v) is 11.1. The van der Waals surface area contributed by atoms with Crippen LogP contribution in [0.15, 0.2) is 40.5 Å². The van der Waals surface area contributed by atoms with Crippen LogP contribution in [0.1, 0.15) is 19.3 Å². The monoisotopic (exact) mass is 426 g/mol. The van der Waals surface area contributed by atoms with Gasteiger partial charge >= 0.3 is 0 Å². The quantitative estimate of drug-likeness (QED) is 0.567. The highest BCUT2D eigenvalue weighted by Crippen LogP contribution is 2.32. The fraction of sp³-hybridized carbons (Fsp3) is 0.409. The predicted molar refractivity (Wildman–Crippen MR) is 120 cm³/mol. The van der Waals surface area contributed by atoms with Gasteiger partial charge < -0.3 is 15.0 Å². The highest BCUT2D eigenvalue weighted by atomic mass is 32.1. The molecule has 1 unspecified atom stereocenters. The predicted octanol–water partition coefficient (Wildman–Crippen LogP) is 3.02. The van der Waals surface area contributed by atoms with Gasteiger partial charge in [0.05, 0.1) is 11.4 Å². The summed E-state index contributed by atoms with van der Waals surface area (Å²) in [6.07, 6.45) is 2.52. The summed E-state index contributed by atoms with van der Waals surface area (Å²) in [6.45, 7) is 2.56. The Morgan fingerprint density at radius 1 is 1.37 bits per heavy atom. The average molecular weight is 427 g/mol. The summed E-state index contributed by atoms with van der Waals surface area (Å²) < 4.78 is 5.65. The van der Waals surface area contributed by atoms with Gasteiger partial charge in [-0.25, -0.2) is 4.98 Å². The number of benzene rings is 1. The minimum Gasteiger partial charge on any atom is -0.385 e. The number of ether oxygens (including phenoxy) is 1. The minimum absolute atomic E-state index is 0.0553. The largest absolute Gasteiger partial charge is 0.385 e. The van der Waals surface area contributed by atoms with Crippen molar-refractivity contribution in [2.45, 2.75) is 19.3 Å². The molecule has 1 aromatic carbocycles. The van der Waals surface area contributed by atoms with Crippen LogP contribution in [0, 0.1) is 5.92 Å². The third kappa shape index (κ3) is 4.39. The van der Waals surface area contributed by atoms with Gasteiger partial charge in [0.1, 0.15) is 4.70 Å². The number of amides is 1. The molecule has 1 aliphatic rings. The first-order valence-electron chi connectivity index (χ1n) is 10.3. The van der Waals surface area contributed by atoms with Crippen molar-refractivity contribution in [3.63, 3.8) is 0 Å². The fourth-order valence-corrected chi connectivity index (χ4v) is 4.75. The summed E-state index contributed by atoms with van der Waals surface area (Å²) in [5.74, 6) is 0.484. The molecule has 4 rings (SSSR count). The van der Waals surface area contributed by atoms with Crippen molar-refractivity contribution in [2.24, 2.45) is 5.92 Å². The molecular formula is C22H26N4O3S. The Morgan fingerprint density at radius 2 is 2.20 bits per heavy atom. The Hall–Kier alpha value is -2.71. The number of H-pyrrole nitrogens is 1. The lowest BCUT2D eigenvalue weighted by Gasteiger charge is -2.32. The Labute approximate surface area is 179 Å². The van der Waals surface area contributed by atoms with Gasteiger partial charge in [-0.1, -0.05) is 30.3 Å². The van der Waals surface area contributed by atoms with Crippen molar-refractivity contribution >= 4 is 33.4 Å². The molecule has 0 saturated carbocycles. The maximum atomic E-state index is 12.7. The third-order valence-corrected chi connectivity index (χ3v) is 6.38. The topological polar surface area (TPSA) is 87.3 Å². The molecule has 1 fully saturated rings. The number of hydrogen-bond donors (Lipinski definition) is 2. The van der Waals surface area contributed by atoms with Gasteiger partial charge in [-0.15, -0.1) is 11.3 Å². The Bertz CT molecular complexity index is 1060. The van der Waals surface area contributed by atoms with Crippen LogP contribution in [-0.4, -0.2) is 49.2 Å². The second kappa shape index (κ2) is 9.40. The number of nitrogens with one attached hydrogen (secondary N) is 2. The van der Waals surface area contributed by atoms with Gasteiger partial charge in [0.25, 0.3) is 5.56 Å². The number of thiophene rings is 1. The number of nitrogens with zero attached hydrogens (tertiary/aromatic N) is 2. The van der Waals surface area contributed by atoms with Crippen LogP contribution >= 0.6 is 11.3 Å². The molecule has 0 radical (unpaired) electrons. The van der Waals surface area contributed by atoms with Crippen molar-refractivity contribution in [3.8, 4) is 11.1 Å². The van der Waals surface area contributed by atoms with E-state index < -0.39 is 0 Å². The third-order valence-electron chi connectivity index (χ3n) is 5.42.